The minimum Gasteiger partial charge on any atom is -0.472 e. The van der Waals surface area contributed by atoms with Crippen molar-refractivity contribution in [2.75, 3.05) is 5.73 Å². The summed E-state index contributed by atoms with van der Waals surface area (Å²) in [4.78, 5) is 15.5. The minimum absolute atomic E-state index is 0.395. The van der Waals surface area contributed by atoms with Crippen LogP contribution in [0, 0.1) is 0 Å². The number of fused-ring (bicyclic) bond motifs is 1. The van der Waals surface area contributed by atoms with Gasteiger partial charge in [0.05, 0.1) is 34.8 Å². The summed E-state index contributed by atoms with van der Waals surface area (Å²) in [6.07, 6.45) is 4.02. The molecule has 3 N–H and O–H groups in total. The van der Waals surface area contributed by atoms with E-state index in [1.807, 2.05) is 24.3 Å². The van der Waals surface area contributed by atoms with Crippen molar-refractivity contribution in [1.29, 1.82) is 0 Å². The summed E-state index contributed by atoms with van der Waals surface area (Å²) in [6, 6.07) is 10.9. The highest BCUT2D eigenvalue weighted by molar-refractivity contribution is 6.01. The number of hydrogen-bond acceptors (Lipinski definition) is 5. The zero-order chi connectivity index (χ0) is 15.8. The van der Waals surface area contributed by atoms with Gasteiger partial charge in [0.1, 0.15) is 6.29 Å². The van der Waals surface area contributed by atoms with Gasteiger partial charge in [-0.25, -0.2) is 4.98 Å². The lowest BCUT2D eigenvalue weighted by Crippen LogP contribution is -1.92. The number of nitrogens with one attached hydrogen (secondary N) is 1. The highest BCUT2D eigenvalue weighted by Crippen LogP contribution is 2.33. The van der Waals surface area contributed by atoms with Crippen LogP contribution < -0.4 is 5.73 Å². The van der Waals surface area contributed by atoms with Gasteiger partial charge in [-0.1, -0.05) is 24.3 Å². The van der Waals surface area contributed by atoms with E-state index in [1.165, 1.54) is 0 Å². The van der Waals surface area contributed by atoms with Crippen molar-refractivity contribution in [2.45, 2.75) is 0 Å². The molecule has 0 aliphatic rings. The van der Waals surface area contributed by atoms with E-state index in [1.54, 1.807) is 24.7 Å². The summed E-state index contributed by atoms with van der Waals surface area (Å²) in [5.74, 6) is 0.395. The fourth-order valence-corrected chi connectivity index (χ4v) is 2.56. The first-order valence-electron chi connectivity index (χ1n) is 6.99. The van der Waals surface area contributed by atoms with Crippen LogP contribution in [-0.4, -0.2) is 21.5 Å². The van der Waals surface area contributed by atoms with Crippen LogP contribution in [0.15, 0.2) is 53.3 Å². The van der Waals surface area contributed by atoms with Gasteiger partial charge < -0.3 is 10.2 Å². The molecule has 4 rings (SSSR count). The lowest BCUT2D eigenvalue weighted by molar-refractivity contribution is 0.112. The van der Waals surface area contributed by atoms with Crippen LogP contribution >= 0.6 is 0 Å². The van der Waals surface area contributed by atoms with Gasteiger partial charge in [0, 0.05) is 16.7 Å². The van der Waals surface area contributed by atoms with Crippen LogP contribution in [0.25, 0.3) is 33.4 Å². The van der Waals surface area contributed by atoms with Crippen molar-refractivity contribution in [3.05, 3.63) is 54.5 Å². The number of nitrogens with two attached hydrogens (primary N) is 1. The Morgan fingerprint density at radius 3 is 2.65 bits per heavy atom. The predicted octanol–water partition coefficient (Wildman–Crippen LogP) is 3.28. The normalized spacial score (nSPS) is 11.0. The zero-order valence-corrected chi connectivity index (χ0v) is 12.0. The molecule has 0 aliphatic heterocycles. The number of nitrogen functional groups attached to an aromatic ring is 1. The number of carbonyl (C=O) groups is 1. The number of aromatic nitrogens is 3. The molecule has 0 saturated heterocycles. The third-order valence-corrected chi connectivity index (χ3v) is 3.71. The molecule has 0 fully saturated rings. The lowest BCUT2D eigenvalue weighted by Gasteiger charge is -2.06. The molecule has 1 aromatic carbocycles. The molecule has 3 aromatic heterocycles. The molecule has 0 spiro atoms. The molecular formula is C17H12N4O2. The maximum atomic E-state index is 10.8. The fourth-order valence-electron chi connectivity index (χ4n) is 2.56. The second-order valence-corrected chi connectivity index (χ2v) is 5.14. The molecule has 0 saturated carbocycles. The molecule has 0 radical (unpaired) electrons. The smallest absolute Gasteiger partial charge is 0.155 e. The van der Waals surface area contributed by atoms with Gasteiger partial charge >= 0.3 is 0 Å². The topological polar surface area (TPSA) is 97.8 Å². The summed E-state index contributed by atoms with van der Waals surface area (Å²) in [5.41, 5.74) is 10.6. The third-order valence-electron chi connectivity index (χ3n) is 3.71. The highest BCUT2D eigenvalue weighted by Gasteiger charge is 2.15. The Balaban J connectivity index is 1.96. The van der Waals surface area contributed by atoms with E-state index in [4.69, 9.17) is 15.1 Å². The Morgan fingerprint density at radius 2 is 1.96 bits per heavy atom. The van der Waals surface area contributed by atoms with E-state index in [2.05, 4.69) is 10.2 Å². The van der Waals surface area contributed by atoms with Gasteiger partial charge in [-0.2, -0.15) is 5.10 Å². The summed E-state index contributed by atoms with van der Waals surface area (Å²) in [6.45, 7) is 0. The molecule has 0 atom stereocenters. The standard InChI is InChI=1S/C17H12N4O2/c18-17-15-14(20-21-17)7-13(11-3-1-10(8-22)2-4-11)19-16(15)12-5-6-23-9-12/h1-9H,(H3,18,20,21). The van der Waals surface area contributed by atoms with E-state index in [9.17, 15) is 4.79 Å². The molecule has 3 heterocycles. The maximum absolute atomic E-state index is 10.8. The number of benzene rings is 1. The number of hydrogen-bond donors (Lipinski definition) is 2. The maximum Gasteiger partial charge on any atom is 0.155 e. The average Bonchev–Trinajstić information content (AvgIpc) is 3.25. The number of anilines is 1. The van der Waals surface area contributed by atoms with Gasteiger partial charge in [-0.3, -0.25) is 9.89 Å². The summed E-state index contributed by atoms with van der Waals surface area (Å²) >= 11 is 0. The van der Waals surface area contributed by atoms with E-state index < -0.39 is 0 Å². The van der Waals surface area contributed by atoms with Crippen molar-refractivity contribution >= 4 is 23.0 Å². The molecule has 23 heavy (non-hydrogen) atoms. The molecular weight excluding hydrogens is 292 g/mol. The lowest BCUT2D eigenvalue weighted by atomic mass is 10.1. The van der Waals surface area contributed by atoms with Gasteiger partial charge in [0.25, 0.3) is 0 Å². The number of aromatic amines is 1. The second kappa shape index (κ2) is 5.10. The molecule has 0 amide bonds. The first-order chi connectivity index (χ1) is 11.3. The Labute approximate surface area is 131 Å². The van der Waals surface area contributed by atoms with E-state index >= 15 is 0 Å². The van der Waals surface area contributed by atoms with Crippen LogP contribution in [0.1, 0.15) is 10.4 Å². The number of pyridine rings is 1. The monoisotopic (exact) mass is 304 g/mol. The van der Waals surface area contributed by atoms with Crippen LogP contribution in [0.3, 0.4) is 0 Å². The Bertz CT molecular complexity index is 986. The number of carbonyl (C=O) groups excluding carboxylic acids is 1. The summed E-state index contributed by atoms with van der Waals surface area (Å²) < 4.78 is 5.16. The Hall–Kier alpha value is -3.41. The Morgan fingerprint density at radius 1 is 1.13 bits per heavy atom. The number of furan rings is 1. The molecule has 112 valence electrons. The number of aldehydes is 1. The van der Waals surface area contributed by atoms with E-state index in [0.717, 1.165) is 34.0 Å². The van der Waals surface area contributed by atoms with Crippen molar-refractivity contribution in [3.8, 4) is 22.5 Å². The largest absolute Gasteiger partial charge is 0.472 e. The molecule has 4 aromatic rings. The van der Waals surface area contributed by atoms with Crippen molar-refractivity contribution < 1.29 is 9.21 Å². The van der Waals surface area contributed by atoms with Crippen LogP contribution in [-0.2, 0) is 0 Å². The van der Waals surface area contributed by atoms with Crippen molar-refractivity contribution in [1.82, 2.24) is 15.2 Å². The second-order valence-electron chi connectivity index (χ2n) is 5.14. The molecule has 0 unspecified atom stereocenters. The van der Waals surface area contributed by atoms with Crippen molar-refractivity contribution in [3.63, 3.8) is 0 Å². The number of nitrogens with zero attached hydrogens (tertiary/aromatic N) is 2. The molecule has 0 bridgehead atoms. The quantitative estimate of drug-likeness (QED) is 0.566. The first kappa shape index (κ1) is 13.3. The minimum atomic E-state index is 0.395. The molecule has 6 nitrogen and oxygen atoms in total. The summed E-state index contributed by atoms with van der Waals surface area (Å²) in [5, 5.41) is 7.75. The van der Waals surface area contributed by atoms with E-state index in [0.29, 0.717) is 17.1 Å². The third kappa shape index (κ3) is 2.17. The van der Waals surface area contributed by atoms with Gasteiger partial charge in [-0.05, 0) is 12.1 Å². The van der Waals surface area contributed by atoms with Crippen molar-refractivity contribution in [2.24, 2.45) is 0 Å². The van der Waals surface area contributed by atoms with Gasteiger partial charge in [0.15, 0.2) is 5.82 Å². The van der Waals surface area contributed by atoms with Crippen LogP contribution in [0.5, 0.6) is 0 Å². The van der Waals surface area contributed by atoms with Gasteiger partial charge in [-0.15, -0.1) is 0 Å². The highest BCUT2D eigenvalue weighted by atomic mass is 16.3. The predicted molar refractivity (Wildman–Crippen MR) is 86.8 cm³/mol. The fraction of sp³-hybridized carbons (Fsp3) is 0. The average molecular weight is 304 g/mol. The van der Waals surface area contributed by atoms with Gasteiger partial charge in [0.2, 0.25) is 0 Å². The van der Waals surface area contributed by atoms with E-state index in [-0.39, 0.29) is 0 Å². The zero-order valence-electron chi connectivity index (χ0n) is 12.0. The number of rotatable bonds is 3. The SMILES string of the molecule is Nc1n[nH]c2cc(-c3ccc(C=O)cc3)nc(-c3ccoc3)c12. The molecule has 6 heteroatoms. The first-order valence-corrected chi connectivity index (χ1v) is 6.99. The summed E-state index contributed by atoms with van der Waals surface area (Å²) in [7, 11) is 0. The molecule has 0 aliphatic carbocycles. The van der Waals surface area contributed by atoms with Crippen LogP contribution in [0.2, 0.25) is 0 Å². The Kier molecular flexibility index (Phi) is 2.94. The number of H-pyrrole nitrogens is 1. The van der Waals surface area contributed by atoms with Crippen LogP contribution in [0.4, 0.5) is 5.82 Å².